The van der Waals surface area contributed by atoms with E-state index in [2.05, 4.69) is 26.7 Å². The van der Waals surface area contributed by atoms with Crippen LogP contribution in [0.5, 0.6) is 5.75 Å². The molecule has 2 aromatic heterocycles. The number of hydrogen-bond acceptors (Lipinski definition) is 5. The molecule has 0 unspecified atom stereocenters. The number of aliphatic hydroxyl groups is 1. The lowest BCUT2D eigenvalue weighted by Gasteiger charge is -2.08. The zero-order valence-electron chi connectivity index (χ0n) is 18.9. The van der Waals surface area contributed by atoms with Gasteiger partial charge in [-0.15, -0.1) is 0 Å². The lowest BCUT2D eigenvalue weighted by Crippen LogP contribution is -2.05. The summed E-state index contributed by atoms with van der Waals surface area (Å²) >= 11 is 0. The molecule has 0 bridgehead atoms. The molecule has 0 saturated carbocycles. The van der Waals surface area contributed by atoms with Gasteiger partial charge in [0.05, 0.1) is 6.61 Å². The second-order valence-corrected chi connectivity index (χ2v) is 7.96. The van der Waals surface area contributed by atoms with Crippen molar-refractivity contribution >= 4 is 12.2 Å². The molecule has 0 amide bonds. The van der Waals surface area contributed by atoms with Crippen LogP contribution in [0, 0.1) is 5.82 Å². The normalized spacial score (nSPS) is 11.4. The summed E-state index contributed by atoms with van der Waals surface area (Å²) in [4.78, 5) is 8.67. The number of nitrogens with zero attached hydrogens (tertiary/aromatic N) is 3. The molecule has 4 rings (SSSR count). The molecule has 4 aromatic rings. The molecular weight excluding hydrogens is 433 g/mol. The lowest BCUT2D eigenvalue weighted by atomic mass is 10.1. The van der Waals surface area contributed by atoms with Gasteiger partial charge in [0.25, 0.3) is 0 Å². The van der Waals surface area contributed by atoms with Crippen LogP contribution in [0.2, 0.25) is 0 Å². The highest BCUT2D eigenvalue weighted by Crippen LogP contribution is 2.17. The fourth-order valence-corrected chi connectivity index (χ4v) is 3.60. The van der Waals surface area contributed by atoms with Gasteiger partial charge in [0.1, 0.15) is 36.0 Å². The number of halogens is 1. The number of aryl methyl sites for hydroxylation is 2. The third kappa shape index (κ3) is 6.89. The zero-order chi connectivity index (χ0) is 23.6. The van der Waals surface area contributed by atoms with Gasteiger partial charge in [-0.25, -0.2) is 14.4 Å². The van der Waals surface area contributed by atoms with Crippen molar-refractivity contribution in [3.05, 3.63) is 102 Å². The average molecular weight is 462 g/mol. The number of imidazole rings is 1. The monoisotopic (exact) mass is 461 g/mol. The molecule has 6 nitrogen and oxygen atoms in total. The minimum Gasteiger partial charge on any atom is -0.487 e. The van der Waals surface area contributed by atoms with Crippen LogP contribution in [0.25, 0.3) is 12.2 Å². The van der Waals surface area contributed by atoms with Crippen LogP contribution in [0.3, 0.4) is 0 Å². The van der Waals surface area contributed by atoms with E-state index in [1.807, 2.05) is 24.4 Å². The first kappa shape index (κ1) is 23.4. The van der Waals surface area contributed by atoms with Crippen molar-refractivity contribution < 1.29 is 18.7 Å². The number of rotatable bonds is 12. The van der Waals surface area contributed by atoms with Gasteiger partial charge in [-0.1, -0.05) is 24.3 Å². The minimum absolute atomic E-state index is 0.123. The maximum Gasteiger partial charge on any atom is 0.218 e. The highest BCUT2D eigenvalue weighted by molar-refractivity contribution is 5.65. The molecule has 176 valence electrons. The third-order valence-electron chi connectivity index (χ3n) is 5.42. The minimum atomic E-state index is -0.264. The van der Waals surface area contributed by atoms with Gasteiger partial charge in [0.15, 0.2) is 0 Å². The summed E-state index contributed by atoms with van der Waals surface area (Å²) in [7, 11) is 0. The van der Waals surface area contributed by atoms with Gasteiger partial charge < -0.3 is 18.8 Å². The Bertz CT molecular complexity index is 1180. The van der Waals surface area contributed by atoms with Crippen molar-refractivity contribution in [3.63, 3.8) is 0 Å². The maximum absolute atomic E-state index is 13.0. The van der Waals surface area contributed by atoms with Crippen molar-refractivity contribution in [2.45, 2.75) is 38.8 Å². The molecule has 0 fully saturated rings. The topological polar surface area (TPSA) is 73.3 Å². The number of aliphatic hydroxyl groups excluding tert-OH is 1. The Kier molecular flexibility index (Phi) is 8.24. The summed E-state index contributed by atoms with van der Waals surface area (Å²) in [6.45, 7) is 1.35. The Labute approximate surface area is 198 Å². The number of hydrogen-bond donors (Lipinski definition) is 1. The molecule has 0 aliphatic carbocycles. The largest absolute Gasteiger partial charge is 0.487 e. The Balaban J connectivity index is 1.19. The molecule has 2 aromatic carbocycles. The second-order valence-electron chi connectivity index (χ2n) is 7.96. The van der Waals surface area contributed by atoms with E-state index in [0.717, 1.165) is 42.9 Å². The summed E-state index contributed by atoms with van der Waals surface area (Å²) in [5.74, 6) is 1.92. The van der Waals surface area contributed by atoms with Crippen LogP contribution in [0.4, 0.5) is 4.39 Å². The molecule has 1 N–H and O–H groups in total. The molecule has 7 heteroatoms. The fourth-order valence-electron chi connectivity index (χ4n) is 3.60. The fraction of sp³-hybridized carbons (Fsp3) is 0.259. The standard InChI is InChI=1S/C27H28FN3O3/c28-23-9-4-22(5-10-23)8-13-27-30-24(20-34-27)19-33-25-11-6-21(7-12-25)3-1-2-16-31-17-15-29-26(31)14-18-32/h4-13,15,17,20,32H,1-3,14,16,18-19H2/b13-8+. The summed E-state index contributed by atoms with van der Waals surface area (Å²) in [6, 6.07) is 14.3. The summed E-state index contributed by atoms with van der Waals surface area (Å²) in [5.41, 5.74) is 2.83. The first-order valence-corrected chi connectivity index (χ1v) is 11.4. The van der Waals surface area contributed by atoms with Gasteiger partial charge in [-0.3, -0.25) is 0 Å². The SMILES string of the molecule is OCCc1nccn1CCCCc1ccc(OCc2coc(/C=C/c3ccc(F)cc3)n2)cc1. The van der Waals surface area contributed by atoms with Crippen molar-refractivity contribution in [2.75, 3.05) is 6.61 Å². The van der Waals surface area contributed by atoms with Gasteiger partial charge in [0.2, 0.25) is 5.89 Å². The third-order valence-corrected chi connectivity index (χ3v) is 5.42. The molecule has 0 aliphatic heterocycles. The number of benzene rings is 2. The molecular formula is C27H28FN3O3. The van der Waals surface area contributed by atoms with E-state index in [0.29, 0.717) is 24.6 Å². The maximum atomic E-state index is 13.0. The van der Waals surface area contributed by atoms with E-state index in [1.54, 1.807) is 30.7 Å². The Hall–Kier alpha value is -3.71. The zero-order valence-corrected chi connectivity index (χ0v) is 18.9. The molecule has 0 saturated heterocycles. The van der Waals surface area contributed by atoms with Gasteiger partial charge in [0, 0.05) is 31.4 Å². The van der Waals surface area contributed by atoms with E-state index < -0.39 is 0 Å². The summed E-state index contributed by atoms with van der Waals surface area (Å²) < 4.78 is 26.4. The van der Waals surface area contributed by atoms with Crippen LogP contribution in [0.1, 0.15) is 41.4 Å². The first-order chi connectivity index (χ1) is 16.7. The molecule has 2 heterocycles. The molecule has 34 heavy (non-hydrogen) atoms. The van der Waals surface area contributed by atoms with E-state index in [-0.39, 0.29) is 12.4 Å². The van der Waals surface area contributed by atoms with Gasteiger partial charge >= 0.3 is 0 Å². The van der Waals surface area contributed by atoms with Crippen molar-refractivity contribution in [1.82, 2.24) is 14.5 Å². The van der Waals surface area contributed by atoms with Crippen molar-refractivity contribution in [2.24, 2.45) is 0 Å². The molecule has 0 spiro atoms. The highest BCUT2D eigenvalue weighted by atomic mass is 19.1. The van der Waals surface area contributed by atoms with Crippen molar-refractivity contribution in [3.8, 4) is 5.75 Å². The number of ether oxygens (including phenoxy) is 1. The Morgan fingerprint density at radius 3 is 2.62 bits per heavy atom. The Morgan fingerprint density at radius 2 is 1.82 bits per heavy atom. The highest BCUT2D eigenvalue weighted by Gasteiger charge is 2.04. The van der Waals surface area contributed by atoms with E-state index in [4.69, 9.17) is 14.3 Å². The van der Waals surface area contributed by atoms with E-state index in [1.165, 1.54) is 17.7 Å². The van der Waals surface area contributed by atoms with E-state index in [9.17, 15) is 4.39 Å². The smallest absolute Gasteiger partial charge is 0.218 e. The number of aromatic nitrogens is 3. The predicted molar refractivity (Wildman–Crippen MR) is 129 cm³/mol. The summed E-state index contributed by atoms with van der Waals surface area (Å²) in [5, 5.41) is 9.09. The number of oxazole rings is 1. The van der Waals surface area contributed by atoms with Crippen LogP contribution < -0.4 is 4.74 Å². The number of unbranched alkanes of at least 4 members (excludes halogenated alkanes) is 1. The van der Waals surface area contributed by atoms with Crippen molar-refractivity contribution in [1.29, 1.82) is 0 Å². The quantitative estimate of drug-likeness (QED) is 0.289. The van der Waals surface area contributed by atoms with Crippen LogP contribution in [0.15, 0.2) is 71.6 Å². The second kappa shape index (κ2) is 12.0. The Morgan fingerprint density at radius 1 is 1.00 bits per heavy atom. The molecule has 0 radical (unpaired) electrons. The summed E-state index contributed by atoms with van der Waals surface area (Å²) in [6.07, 6.45) is 12.6. The van der Waals surface area contributed by atoms with Gasteiger partial charge in [-0.05, 0) is 60.7 Å². The lowest BCUT2D eigenvalue weighted by molar-refractivity contribution is 0.294. The average Bonchev–Trinajstić information content (AvgIpc) is 3.50. The van der Waals surface area contributed by atoms with Gasteiger partial charge in [-0.2, -0.15) is 0 Å². The predicted octanol–water partition coefficient (Wildman–Crippen LogP) is 5.32. The van der Waals surface area contributed by atoms with Crippen LogP contribution >= 0.6 is 0 Å². The van der Waals surface area contributed by atoms with Crippen LogP contribution in [-0.4, -0.2) is 26.2 Å². The van der Waals surface area contributed by atoms with Crippen LogP contribution in [-0.2, 0) is 26.0 Å². The molecule has 0 aliphatic rings. The van der Waals surface area contributed by atoms with E-state index >= 15 is 0 Å². The molecule has 0 atom stereocenters. The first-order valence-electron chi connectivity index (χ1n) is 11.4.